The van der Waals surface area contributed by atoms with Gasteiger partial charge in [0.15, 0.2) is 0 Å². The summed E-state index contributed by atoms with van der Waals surface area (Å²) < 4.78 is 32.5. The van der Waals surface area contributed by atoms with Crippen LogP contribution in [0.5, 0.6) is 0 Å². The molecular formula is C21H22F2N2O3S. The van der Waals surface area contributed by atoms with Gasteiger partial charge >= 0.3 is 6.09 Å². The summed E-state index contributed by atoms with van der Waals surface area (Å²) in [6.45, 7) is 5.17. The summed E-state index contributed by atoms with van der Waals surface area (Å²) in [5.41, 5.74) is 0.237. The Balaban J connectivity index is 1.90. The average Bonchev–Trinajstić information content (AvgIpc) is 2.72. The highest BCUT2D eigenvalue weighted by atomic mass is 32.2. The van der Waals surface area contributed by atoms with Gasteiger partial charge in [-0.2, -0.15) is 0 Å². The fraction of sp³-hybridized carbons (Fsp3) is 0.333. The number of para-hydroxylation sites is 1. The number of alkyl carbamates (subject to hydrolysis) is 1. The second-order valence-corrected chi connectivity index (χ2v) is 8.74. The number of hydrogen-bond donors (Lipinski definition) is 1. The molecule has 29 heavy (non-hydrogen) atoms. The molecule has 2 aromatic carbocycles. The molecule has 5 nitrogen and oxygen atoms in total. The van der Waals surface area contributed by atoms with Crippen LogP contribution in [-0.4, -0.2) is 29.4 Å². The van der Waals surface area contributed by atoms with Crippen molar-refractivity contribution in [3.05, 3.63) is 59.7 Å². The maximum atomic E-state index is 13.6. The van der Waals surface area contributed by atoms with E-state index in [0.717, 1.165) is 11.0 Å². The van der Waals surface area contributed by atoms with E-state index in [0.29, 0.717) is 17.0 Å². The van der Waals surface area contributed by atoms with Crippen molar-refractivity contribution in [1.82, 2.24) is 5.32 Å². The van der Waals surface area contributed by atoms with Crippen molar-refractivity contribution < 1.29 is 23.1 Å². The third-order valence-corrected chi connectivity index (χ3v) is 5.24. The highest BCUT2D eigenvalue weighted by Crippen LogP contribution is 2.35. The van der Waals surface area contributed by atoms with E-state index >= 15 is 0 Å². The summed E-state index contributed by atoms with van der Waals surface area (Å²) in [6.07, 6.45) is -0.695. The van der Waals surface area contributed by atoms with Crippen LogP contribution in [0.4, 0.5) is 19.3 Å². The van der Waals surface area contributed by atoms with E-state index < -0.39 is 29.4 Å². The normalized spacial score (nSPS) is 16.8. The molecule has 0 saturated carbocycles. The lowest BCUT2D eigenvalue weighted by Crippen LogP contribution is -2.50. The molecule has 0 fully saturated rings. The summed E-state index contributed by atoms with van der Waals surface area (Å²) in [5, 5.41) is 2.62. The lowest BCUT2D eigenvalue weighted by molar-refractivity contribution is -0.120. The van der Waals surface area contributed by atoms with Gasteiger partial charge in [0.05, 0.1) is 12.2 Å². The van der Waals surface area contributed by atoms with Gasteiger partial charge in [-0.1, -0.05) is 12.1 Å². The van der Waals surface area contributed by atoms with Crippen LogP contribution in [0.25, 0.3) is 0 Å². The van der Waals surface area contributed by atoms with Crippen LogP contribution < -0.4 is 10.2 Å². The topological polar surface area (TPSA) is 58.6 Å². The Labute approximate surface area is 172 Å². The van der Waals surface area contributed by atoms with Gasteiger partial charge < -0.3 is 15.0 Å². The largest absolute Gasteiger partial charge is 0.444 e. The highest BCUT2D eigenvalue weighted by molar-refractivity contribution is 7.99. The Bertz CT molecular complexity index is 910. The Morgan fingerprint density at radius 2 is 1.86 bits per heavy atom. The van der Waals surface area contributed by atoms with Crippen LogP contribution in [-0.2, 0) is 16.1 Å². The summed E-state index contributed by atoms with van der Waals surface area (Å²) in [7, 11) is 0. The number of carbonyl (C=O) groups is 2. The average molecular weight is 420 g/mol. The van der Waals surface area contributed by atoms with Crippen LogP contribution >= 0.6 is 11.8 Å². The zero-order valence-corrected chi connectivity index (χ0v) is 17.2. The first kappa shape index (κ1) is 21.1. The molecule has 3 rings (SSSR count). The molecule has 1 aliphatic rings. The van der Waals surface area contributed by atoms with Crippen LogP contribution in [0.3, 0.4) is 0 Å². The van der Waals surface area contributed by atoms with Gasteiger partial charge in [0.25, 0.3) is 5.91 Å². The molecule has 1 atom stereocenters. The van der Waals surface area contributed by atoms with E-state index in [2.05, 4.69) is 5.32 Å². The third kappa shape index (κ3) is 5.47. The first-order valence-electron chi connectivity index (χ1n) is 9.10. The van der Waals surface area contributed by atoms with Gasteiger partial charge in [-0.25, -0.2) is 13.6 Å². The number of halogens is 2. The molecule has 0 spiro atoms. The predicted molar refractivity (Wildman–Crippen MR) is 108 cm³/mol. The van der Waals surface area contributed by atoms with Crippen molar-refractivity contribution in [2.75, 3.05) is 10.7 Å². The molecule has 8 heteroatoms. The number of hydrogen-bond acceptors (Lipinski definition) is 4. The number of ether oxygens (including phenoxy) is 1. The highest BCUT2D eigenvalue weighted by Gasteiger charge is 2.33. The van der Waals surface area contributed by atoms with Crippen LogP contribution in [0.15, 0.2) is 47.4 Å². The maximum absolute atomic E-state index is 13.6. The summed E-state index contributed by atoms with van der Waals surface area (Å²) in [4.78, 5) is 27.7. The Morgan fingerprint density at radius 1 is 1.21 bits per heavy atom. The molecule has 1 N–H and O–H groups in total. The molecule has 2 aromatic rings. The van der Waals surface area contributed by atoms with Gasteiger partial charge in [-0.3, -0.25) is 4.79 Å². The SMILES string of the molecule is CC(C)(C)OC(=O)N[C@H]1CSc2ccccc2N(Cc2cc(F)cc(F)c2)C1=O. The predicted octanol–water partition coefficient (Wildman–Crippen LogP) is 4.50. The molecular weight excluding hydrogens is 398 g/mol. The number of fused-ring (bicyclic) bond motifs is 1. The smallest absolute Gasteiger partial charge is 0.408 e. The van der Waals surface area contributed by atoms with Gasteiger partial charge in [-0.05, 0) is 50.6 Å². The number of anilines is 1. The van der Waals surface area contributed by atoms with E-state index in [9.17, 15) is 18.4 Å². The zero-order valence-electron chi connectivity index (χ0n) is 16.4. The van der Waals surface area contributed by atoms with E-state index in [-0.39, 0.29) is 12.5 Å². The molecule has 0 unspecified atom stereocenters. The Hall–Kier alpha value is -2.61. The lowest BCUT2D eigenvalue weighted by Gasteiger charge is -2.27. The summed E-state index contributed by atoms with van der Waals surface area (Å²) >= 11 is 1.42. The van der Waals surface area contributed by atoms with Crippen molar-refractivity contribution in [2.24, 2.45) is 0 Å². The number of benzene rings is 2. The first-order valence-corrected chi connectivity index (χ1v) is 10.1. The lowest BCUT2D eigenvalue weighted by atomic mass is 10.1. The van der Waals surface area contributed by atoms with Gasteiger partial charge in [0, 0.05) is 16.7 Å². The number of carbonyl (C=O) groups excluding carboxylic acids is 2. The third-order valence-electron chi connectivity index (χ3n) is 4.08. The van der Waals surface area contributed by atoms with E-state index in [1.54, 1.807) is 32.9 Å². The van der Waals surface area contributed by atoms with Gasteiger partial charge in [0.2, 0.25) is 0 Å². The number of thioether (sulfide) groups is 1. The molecule has 0 radical (unpaired) electrons. The molecule has 0 bridgehead atoms. The minimum Gasteiger partial charge on any atom is -0.444 e. The van der Waals surface area contributed by atoms with Crippen LogP contribution in [0.1, 0.15) is 26.3 Å². The van der Waals surface area contributed by atoms with Crippen molar-refractivity contribution in [1.29, 1.82) is 0 Å². The molecule has 0 aromatic heterocycles. The zero-order chi connectivity index (χ0) is 21.2. The molecule has 0 saturated heterocycles. The molecule has 2 amide bonds. The monoisotopic (exact) mass is 420 g/mol. The number of rotatable bonds is 3. The number of nitrogens with one attached hydrogen (secondary N) is 1. The van der Waals surface area contributed by atoms with Gasteiger partial charge in [0.1, 0.15) is 23.3 Å². The van der Waals surface area contributed by atoms with E-state index in [1.807, 2.05) is 12.1 Å². The minimum absolute atomic E-state index is 0.0302. The minimum atomic E-state index is -0.847. The maximum Gasteiger partial charge on any atom is 0.408 e. The number of amides is 2. The van der Waals surface area contributed by atoms with Gasteiger partial charge in [-0.15, -0.1) is 11.8 Å². The van der Waals surface area contributed by atoms with Crippen LogP contribution in [0.2, 0.25) is 0 Å². The molecule has 1 heterocycles. The van der Waals surface area contributed by atoms with Crippen molar-refractivity contribution in [2.45, 2.75) is 43.9 Å². The molecule has 154 valence electrons. The fourth-order valence-corrected chi connectivity index (χ4v) is 4.03. The summed E-state index contributed by atoms with van der Waals surface area (Å²) in [5.74, 6) is -1.50. The van der Waals surface area contributed by atoms with E-state index in [4.69, 9.17) is 4.74 Å². The van der Waals surface area contributed by atoms with Crippen LogP contribution in [0, 0.1) is 11.6 Å². The standard InChI is InChI=1S/C21H22F2N2O3S/c1-21(2,3)28-20(27)24-16-12-29-18-7-5-4-6-17(18)25(19(16)26)11-13-8-14(22)10-15(23)9-13/h4-10,16H,11-12H2,1-3H3,(H,24,27)/t16-/m0/s1. The number of nitrogens with zero attached hydrogens (tertiary/aromatic N) is 1. The van der Waals surface area contributed by atoms with Crippen molar-refractivity contribution in [3.8, 4) is 0 Å². The second-order valence-electron chi connectivity index (χ2n) is 7.68. The fourth-order valence-electron chi connectivity index (χ4n) is 2.95. The van der Waals surface area contributed by atoms with Crippen molar-refractivity contribution in [3.63, 3.8) is 0 Å². The molecule has 0 aliphatic carbocycles. The second kappa shape index (κ2) is 8.41. The Morgan fingerprint density at radius 3 is 2.52 bits per heavy atom. The molecule has 1 aliphatic heterocycles. The van der Waals surface area contributed by atoms with Crippen molar-refractivity contribution >= 4 is 29.4 Å². The van der Waals surface area contributed by atoms with E-state index in [1.165, 1.54) is 28.8 Å². The Kier molecular flexibility index (Phi) is 6.12. The first-order chi connectivity index (χ1) is 13.6. The summed E-state index contributed by atoms with van der Waals surface area (Å²) in [6, 6.07) is 9.57. The quantitative estimate of drug-likeness (QED) is 0.795.